The first-order valence-corrected chi connectivity index (χ1v) is 8.23. The smallest absolute Gasteiger partial charge is 0.240 e. The monoisotopic (exact) mass is 332 g/mol. The van der Waals surface area contributed by atoms with Gasteiger partial charge in [-0.05, 0) is 59.3 Å². The van der Waals surface area contributed by atoms with E-state index in [1.54, 1.807) is 13.0 Å². The number of nitrogens with one attached hydrogen (secondary N) is 1. The molecule has 0 saturated heterocycles. The molecule has 2 rings (SSSR count). The van der Waals surface area contributed by atoms with Crippen molar-refractivity contribution < 1.29 is 8.42 Å². The lowest BCUT2D eigenvalue weighted by Crippen LogP contribution is -2.32. The van der Waals surface area contributed by atoms with Crippen LogP contribution in [-0.2, 0) is 10.0 Å². The molecule has 18 heavy (non-hydrogen) atoms. The molecule has 1 aromatic rings. The zero-order valence-electron chi connectivity index (χ0n) is 10.2. The summed E-state index contributed by atoms with van der Waals surface area (Å²) in [5.74, 6) is 0.493. The molecular formula is C12H17BrN2O2S. The van der Waals surface area contributed by atoms with Crippen LogP contribution in [-0.4, -0.2) is 15.0 Å². The van der Waals surface area contributed by atoms with Crippen molar-refractivity contribution in [1.82, 2.24) is 4.72 Å². The zero-order chi connectivity index (χ0) is 13.3. The zero-order valence-corrected chi connectivity index (χ0v) is 12.6. The van der Waals surface area contributed by atoms with Crippen molar-refractivity contribution in [1.29, 1.82) is 0 Å². The Morgan fingerprint density at radius 3 is 2.67 bits per heavy atom. The van der Waals surface area contributed by atoms with Crippen LogP contribution in [0.4, 0.5) is 5.69 Å². The molecule has 3 N–H and O–H groups in total. The van der Waals surface area contributed by atoms with Crippen LogP contribution in [0.2, 0.25) is 0 Å². The number of hydrogen-bond donors (Lipinski definition) is 2. The van der Waals surface area contributed by atoms with Gasteiger partial charge >= 0.3 is 0 Å². The van der Waals surface area contributed by atoms with E-state index in [1.165, 1.54) is 12.5 Å². The van der Waals surface area contributed by atoms with Crippen molar-refractivity contribution in [2.45, 2.75) is 31.1 Å². The summed E-state index contributed by atoms with van der Waals surface area (Å²) in [7, 11) is -3.45. The van der Waals surface area contributed by atoms with E-state index in [2.05, 4.69) is 20.7 Å². The van der Waals surface area contributed by atoms with Crippen LogP contribution in [0, 0.1) is 12.8 Å². The molecule has 0 spiro atoms. The first-order chi connectivity index (χ1) is 8.40. The Kier molecular flexibility index (Phi) is 3.99. The molecule has 1 saturated carbocycles. The molecule has 0 aliphatic heterocycles. The van der Waals surface area contributed by atoms with Crippen LogP contribution in [0.5, 0.6) is 0 Å². The minimum Gasteiger partial charge on any atom is -0.398 e. The Bertz CT molecular complexity index is 553. The van der Waals surface area contributed by atoms with Gasteiger partial charge in [0.15, 0.2) is 0 Å². The Hall–Kier alpha value is -0.590. The molecule has 1 aliphatic rings. The van der Waals surface area contributed by atoms with Crippen LogP contribution >= 0.6 is 15.9 Å². The summed E-state index contributed by atoms with van der Waals surface area (Å²) in [6, 6.07) is 3.23. The van der Waals surface area contributed by atoms with Crippen molar-refractivity contribution in [3.8, 4) is 0 Å². The van der Waals surface area contributed by atoms with E-state index in [1.807, 2.05) is 0 Å². The second kappa shape index (κ2) is 5.19. The van der Waals surface area contributed by atoms with Gasteiger partial charge < -0.3 is 5.73 Å². The molecule has 6 heteroatoms. The van der Waals surface area contributed by atoms with Gasteiger partial charge in [-0.1, -0.05) is 6.42 Å². The molecule has 1 fully saturated rings. The SMILES string of the molecule is Cc1cc(Br)c(N)cc1S(=O)(=O)NCC1CCC1. The third-order valence-corrected chi connectivity index (χ3v) is 5.62. The van der Waals surface area contributed by atoms with E-state index < -0.39 is 10.0 Å². The summed E-state index contributed by atoms with van der Waals surface area (Å²) in [6.07, 6.45) is 3.44. The van der Waals surface area contributed by atoms with Crippen molar-refractivity contribution in [2.75, 3.05) is 12.3 Å². The summed E-state index contributed by atoms with van der Waals surface area (Å²) in [5, 5.41) is 0. The van der Waals surface area contributed by atoms with E-state index in [0.717, 1.165) is 17.3 Å². The standard InChI is InChI=1S/C12H17BrN2O2S/c1-8-5-10(13)11(14)6-12(8)18(16,17)15-7-9-3-2-4-9/h5-6,9,15H,2-4,7,14H2,1H3. The molecule has 1 aromatic carbocycles. The van der Waals surface area contributed by atoms with Gasteiger partial charge in [0.05, 0.1) is 4.90 Å². The number of aryl methyl sites for hydroxylation is 1. The predicted octanol–water partition coefficient (Wildman–Crippen LogP) is 2.42. The van der Waals surface area contributed by atoms with E-state index in [4.69, 9.17) is 5.73 Å². The number of benzene rings is 1. The molecule has 100 valence electrons. The summed E-state index contributed by atoms with van der Waals surface area (Å²) in [4.78, 5) is 0.266. The van der Waals surface area contributed by atoms with Crippen molar-refractivity contribution >= 4 is 31.6 Å². The molecule has 0 heterocycles. The lowest BCUT2D eigenvalue weighted by molar-refractivity contribution is 0.316. The lowest BCUT2D eigenvalue weighted by atomic mass is 9.86. The van der Waals surface area contributed by atoms with E-state index in [0.29, 0.717) is 23.7 Å². The third-order valence-electron chi connectivity index (χ3n) is 3.37. The number of anilines is 1. The van der Waals surface area contributed by atoms with Gasteiger partial charge in [-0.25, -0.2) is 13.1 Å². The average Bonchev–Trinajstić information content (AvgIpc) is 2.20. The van der Waals surface area contributed by atoms with Gasteiger partial charge in [0.25, 0.3) is 0 Å². The highest BCUT2D eigenvalue weighted by molar-refractivity contribution is 9.10. The van der Waals surface area contributed by atoms with Gasteiger partial charge in [-0.3, -0.25) is 0 Å². The van der Waals surface area contributed by atoms with Crippen LogP contribution in [0.25, 0.3) is 0 Å². The maximum absolute atomic E-state index is 12.2. The number of nitrogens with two attached hydrogens (primary N) is 1. The minimum atomic E-state index is -3.45. The van der Waals surface area contributed by atoms with Crippen LogP contribution in [0.15, 0.2) is 21.5 Å². The van der Waals surface area contributed by atoms with Crippen molar-refractivity contribution in [2.24, 2.45) is 5.92 Å². The van der Waals surface area contributed by atoms with Gasteiger partial charge in [0, 0.05) is 16.7 Å². The number of nitrogen functional groups attached to an aromatic ring is 1. The maximum atomic E-state index is 12.2. The summed E-state index contributed by atoms with van der Waals surface area (Å²) >= 11 is 3.29. The fourth-order valence-corrected chi connectivity index (χ4v) is 3.79. The summed E-state index contributed by atoms with van der Waals surface area (Å²) < 4.78 is 27.7. The molecule has 0 bridgehead atoms. The molecular weight excluding hydrogens is 316 g/mol. The normalized spacial score (nSPS) is 16.6. The molecule has 0 amide bonds. The predicted molar refractivity (Wildman–Crippen MR) is 75.8 cm³/mol. The minimum absolute atomic E-state index is 0.266. The first kappa shape index (κ1) is 13.8. The first-order valence-electron chi connectivity index (χ1n) is 5.95. The fourth-order valence-electron chi connectivity index (χ4n) is 1.96. The number of sulfonamides is 1. The van der Waals surface area contributed by atoms with Crippen LogP contribution in [0.3, 0.4) is 0 Å². The maximum Gasteiger partial charge on any atom is 0.240 e. The number of hydrogen-bond acceptors (Lipinski definition) is 3. The van der Waals surface area contributed by atoms with E-state index in [9.17, 15) is 8.42 Å². The number of halogens is 1. The Morgan fingerprint density at radius 2 is 2.11 bits per heavy atom. The Labute approximate surface area is 116 Å². The van der Waals surface area contributed by atoms with E-state index >= 15 is 0 Å². The number of rotatable bonds is 4. The fraction of sp³-hybridized carbons (Fsp3) is 0.500. The van der Waals surface area contributed by atoms with Crippen molar-refractivity contribution in [3.05, 3.63) is 22.2 Å². The highest BCUT2D eigenvalue weighted by atomic mass is 79.9. The Balaban J connectivity index is 2.20. The quantitative estimate of drug-likeness (QED) is 0.831. The molecule has 1 aliphatic carbocycles. The average molecular weight is 333 g/mol. The molecule has 0 unspecified atom stereocenters. The largest absolute Gasteiger partial charge is 0.398 e. The van der Waals surface area contributed by atoms with E-state index in [-0.39, 0.29) is 4.90 Å². The second-order valence-electron chi connectivity index (χ2n) is 4.79. The van der Waals surface area contributed by atoms with Gasteiger partial charge in [0.2, 0.25) is 10.0 Å². The van der Waals surface area contributed by atoms with Crippen LogP contribution < -0.4 is 10.5 Å². The van der Waals surface area contributed by atoms with Crippen LogP contribution in [0.1, 0.15) is 24.8 Å². The third kappa shape index (κ3) is 2.87. The van der Waals surface area contributed by atoms with Crippen molar-refractivity contribution in [3.63, 3.8) is 0 Å². The second-order valence-corrected chi connectivity index (χ2v) is 7.38. The Morgan fingerprint density at radius 1 is 1.44 bits per heavy atom. The van der Waals surface area contributed by atoms with Gasteiger partial charge in [-0.15, -0.1) is 0 Å². The molecule has 0 atom stereocenters. The highest BCUT2D eigenvalue weighted by Gasteiger charge is 2.22. The summed E-state index contributed by atoms with van der Waals surface area (Å²) in [5.41, 5.74) is 6.87. The topological polar surface area (TPSA) is 72.2 Å². The molecule has 0 aromatic heterocycles. The highest BCUT2D eigenvalue weighted by Crippen LogP contribution is 2.28. The summed E-state index contributed by atoms with van der Waals surface area (Å²) in [6.45, 7) is 2.29. The molecule has 4 nitrogen and oxygen atoms in total. The lowest BCUT2D eigenvalue weighted by Gasteiger charge is -2.25. The molecule has 0 radical (unpaired) electrons. The van der Waals surface area contributed by atoms with Gasteiger partial charge in [-0.2, -0.15) is 0 Å². The van der Waals surface area contributed by atoms with Gasteiger partial charge in [0.1, 0.15) is 0 Å².